The smallest absolute Gasteiger partial charge is 0.308 e. The highest BCUT2D eigenvalue weighted by Crippen LogP contribution is 2.34. The van der Waals surface area contributed by atoms with Crippen LogP contribution in [0.3, 0.4) is 0 Å². The Labute approximate surface area is 150 Å². The van der Waals surface area contributed by atoms with Gasteiger partial charge in [0.2, 0.25) is 0 Å². The van der Waals surface area contributed by atoms with Crippen molar-refractivity contribution >= 4 is 46.3 Å². The molecule has 126 valence electrons. The highest BCUT2D eigenvalue weighted by Gasteiger charge is 2.31. The van der Waals surface area contributed by atoms with Gasteiger partial charge in [0.05, 0.1) is 11.5 Å². The van der Waals surface area contributed by atoms with Gasteiger partial charge in [-0.2, -0.15) is 0 Å². The molecular formula is C17H17NO4S2. The van der Waals surface area contributed by atoms with Gasteiger partial charge in [0, 0.05) is 13.5 Å². The van der Waals surface area contributed by atoms with Crippen LogP contribution in [0.4, 0.5) is 0 Å². The second-order valence-corrected chi connectivity index (χ2v) is 6.49. The van der Waals surface area contributed by atoms with Crippen LogP contribution in [-0.4, -0.2) is 34.2 Å². The molecule has 0 radical (unpaired) electrons. The van der Waals surface area contributed by atoms with Crippen LogP contribution in [0.15, 0.2) is 35.8 Å². The number of amides is 1. The number of ether oxygens (including phenoxy) is 2. The number of hydrogen-bond donors (Lipinski definition) is 0. The third kappa shape index (κ3) is 4.24. The molecule has 0 spiro atoms. The van der Waals surface area contributed by atoms with Gasteiger partial charge < -0.3 is 9.47 Å². The molecule has 0 unspecified atom stereocenters. The largest absolute Gasteiger partial charge is 0.490 e. The normalized spacial score (nSPS) is 15.8. The zero-order chi connectivity index (χ0) is 17.7. The van der Waals surface area contributed by atoms with E-state index >= 15 is 0 Å². The molecule has 1 aromatic carbocycles. The second-order valence-electron chi connectivity index (χ2n) is 4.81. The van der Waals surface area contributed by atoms with Gasteiger partial charge in [0.1, 0.15) is 4.32 Å². The van der Waals surface area contributed by atoms with E-state index in [1.54, 1.807) is 30.4 Å². The summed E-state index contributed by atoms with van der Waals surface area (Å²) in [5.41, 5.74) is 0.758. The Morgan fingerprint density at radius 2 is 2.17 bits per heavy atom. The quantitative estimate of drug-likeness (QED) is 0.254. The van der Waals surface area contributed by atoms with E-state index < -0.39 is 5.97 Å². The lowest BCUT2D eigenvalue weighted by molar-refractivity contribution is -0.132. The number of carbonyl (C=O) groups is 2. The van der Waals surface area contributed by atoms with Gasteiger partial charge >= 0.3 is 5.97 Å². The van der Waals surface area contributed by atoms with Gasteiger partial charge in [0.25, 0.3) is 5.91 Å². The van der Waals surface area contributed by atoms with E-state index in [-0.39, 0.29) is 5.91 Å². The molecule has 1 aromatic rings. The Kier molecular flexibility index (Phi) is 6.16. The van der Waals surface area contributed by atoms with Crippen molar-refractivity contribution < 1.29 is 19.1 Å². The molecule has 0 atom stereocenters. The Balaban J connectivity index is 2.31. The van der Waals surface area contributed by atoms with Crippen molar-refractivity contribution in [2.24, 2.45) is 0 Å². The van der Waals surface area contributed by atoms with E-state index in [4.69, 9.17) is 21.7 Å². The first kappa shape index (κ1) is 18.2. The van der Waals surface area contributed by atoms with E-state index in [1.165, 1.54) is 23.6 Å². The number of rotatable bonds is 6. The van der Waals surface area contributed by atoms with E-state index in [0.717, 1.165) is 5.56 Å². The second kappa shape index (κ2) is 8.12. The first-order valence-corrected chi connectivity index (χ1v) is 8.50. The molecule has 0 saturated carbocycles. The van der Waals surface area contributed by atoms with Crippen LogP contribution < -0.4 is 9.47 Å². The van der Waals surface area contributed by atoms with Gasteiger partial charge in [-0.15, -0.1) is 6.58 Å². The van der Waals surface area contributed by atoms with Crippen molar-refractivity contribution in [2.45, 2.75) is 13.8 Å². The summed E-state index contributed by atoms with van der Waals surface area (Å²) in [6.07, 6.45) is 3.37. The summed E-state index contributed by atoms with van der Waals surface area (Å²) >= 11 is 6.45. The molecule has 24 heavy (non-hydrogen) atoms. The number of benzene rings is 1. The van der Waals surface area contributed by atoms with Crippen LogP contribution in [0.25, 0.3) is 6.08 Å². The Bertz CT molecular complexity index is 727. The molecule has 0 bridgehead atoms. The fourth-order valence-corrected chi connectivity index (χ4v) is 3.33. The van der Waals surface area contributed by atoms with Gasteiger partial charge in [-0.25, -0.2) is 0 Å². The van der Waals surface area contributed by atoms with Crippen LogP contribution in [0.5, 0.6) is 11.5 Å². The van der Waals surface area contributed by atoms with Gasteiger partial charge in [-0.05, 0) is 30.7 Å². The average molecular weight is 363 g/mol. The molecule has 1 fully saturated rings. The SMILES string of the molecule is C=CCN1C(=O)/C(=C/c2ccc(OC(C)=O)c(OCC)c2)SC1=S. The van der Waals surface area contributed by atoms with Crippen molar-refractivity contribution in [1.29, 1.82) is 0 Å². The van der Waals surface area contributed by atoms with Gasteiger partial charge in [-0.1, -0.05) is 36.1 Å². The highest BCUT2D eigenvalue weighted by atomic mass is 32.2. The van der Waals surface area contributed by atoms with Crippen LogP contribution >= 0.6 is 24.0 Å². The number of thioether (sulfide) groups is 1. The molecule has 1 saturated heterocycles. The summed E-state index contributed by atoms with van der Waals surface area (Å²) < 4.78 is 11.1. The average Bonchev–Trinajstić information content (AvgIpc) is 2.78. The molecule has 2 rings (SSSR count). The van der Waals surface area contributed by atoms with Crippen LogP contribution in [0.2, 0.25) is 0 Å². The lowest BCUT2D eigenvalue weighted by Gasteiger charge is -2.11. The summed E-state index contributed by atoms with van der Waals surface area (Å²) in [4.78, 5) is 25.5. The summed E-state index contributed by atoms with van der Waals surface area (Å²) in [5, 5.41) is 0. The zero-order valence-electron chi connectivity index (χ0n) is 13.4. The lowest BCUT2D eigenvalue weighted by Crippen LogP contribution is -2.27. The van der Waals surface area contributed by atoms with Crippen LogP contribution in [-0.2, 0) is 9.59 Å². The van der Waals surface area contributed by atoms with E-state index in [1.807, 2.05) is 6.92 Å². The number of hydrogen-bond acceptors (Lipinski definition) is 6. The minimum Gasteiger partial charge on any atom is -0.490 e. The molecule has 1 heterocycles. The van der Waals surface area contributed by atoms with E-state index in [9.17, 15) is 9.59 Å². The summed E-state index contributed by atoms with van der Waals surface area (Å²) in [6.45, 7) is 7.61. The Morgan fingerprint density at radius 3 is 2.79 bits per heavy atom. The molecule has 1 amide bonds. The molecule has 1 aliphatic heterocycles. The minimum absolute atomic E-state index is 0.146. The van der Waals surface area contributed by atoms with Crippen molar-refractivity contribution in [3.63, 3.8) is 0 Å². The zero-order valence-corrected chi connectivity index (χ0v) is 15.0. The third-order valence-corrected chi connectivity index (χ3v) is 4.38. The van der Waals surface area contributed by atoms with Crippen LogP contribution in [0.1, 0.15) is 19.4 Å². The summed E-state index contributed by atoms with van der Waals surface area (Å²) in [5.74, 6) is 0.227. The highest BCUT2D eigenvalue weighted by molar-refractivity contribution is 8.26. The summed E-state index contributed by atoms with van der Waals surface area (Å²) in [7, 11) is 0. The number of nitrogens with zero attached hydrogens (tertiary/aromatic N) is 1. The molecule has 7 heteroatoms. The Morgan fingerprint density at radius 1 is 1.42 bits per heavy atom. The first-order valence-electron chi connectivity index (χ1n) is 7.27. The predicted molar refractivity (Wildman–Crippen MR) is 99.0 cm³/mol. The number of thiocarbonyl (C=S) groups is 1. The monoisotopic (exact) mass is 363 g/mol. The van der Waals surface area contributed by atoms with Crippen molar-refractivity contribution in [2.75, 3.05) is 13.2 Å². The Hall–Kier alpha value is -2.12. The third-order valence-electron chi connectivity index (χ3n) is 3.00. The molecule has 1 aliphatic rings. The van der Waals surface area contributed by atoms with E-state index in [2.05, 4.69) is 6.58 Å². The number of esters is 1. The van der Waals surface area contributed by atoms with Crippen LogP contribution in [0, 0.1) is 0 Å². The molecule has 0 aromatic heterocycles. The van der Waals surface area contributed by atoms with Gasteiger partial charge in [0.15, 0.2) is 11.5 Å². The predicted octanol–water partition coefficient (Wildman–Crippen LogP) is 3.40. The minimum atomic E-state index is -0.422. The van der Waals surface area contributed by atoms with Gasteiger partial charge in [-0.3, -0.25) is 14.5 Å². The maximum Gasteiger partial charge on any atom is 0.308 e. The van der Waals surface area contributed by atoms with Crippen molar-refractivity contribution in [3.05, 3.63) is 41.3 Å². The van der Waals surface area contributed by atoms with Crippen molar-refractivity contribution in [1.82, 2.24) is 4.90 Å². The first-order chi connectivity index (χ1) is 11.5. The lowest BCUT2D eigenvalue weighted by atomic mass is 10.2. The number of carbonyl (C=O) groups excluding carboxylic acids is 2. The molecule has 5 nitrogen and oxygen atoms in total. The fourth-order valence-electron chi connectivity index (χ4n) is 2.06. The van der Waals surface area contributed by atoms with Crippen molar-refractivity contribution in [3.8, 4) is 11.5 Å². The standard InChI is InChI=1S/C17H17NO4S2/c1-4-8-18-16(20)15(24-17(18)23)10-12-6-7-13(22-11(3)19)14(9-12)21-5-2/h4,6-7,9-10H,1,5,8H2,2-3H3/b15-10-. The fraction of sp³-hybridized carbons (Fsp3) is 0.235. The maximum atomic E-state index is 12.3. The molecular weight excluding hydrogens is 346 g/mol. The molecule has 0 aliphatic carbocycles. The topological polar surface area (TPSA) is 55.8 Å². The molecule has 0 N–H and O–H groups in total. The van der Waals surface area contributed by atoms with E-state index in [0.29, 0.717) is 33.9 Å². The summed E-state index contributed by atoms with van der Waals surface area (Å²) in [6, 6.07) is 5.12. The maximum absolute atomic E-state index is 12.3.